The zero-order valence-corrected chi connectivity index (χ0v) is 11.4. The van der Waals surface area contributed by atoms with Gasteiger partial charge in [-0.3, -0.25) is 4.68 Å². The van der Waals surface area contributed by atoms with Crippen molar-refractivity contribution in [2.24, 2.45) is 0 Å². The van der Waals surface area contributed by atoms with E-state index in [1.807, 2.05) is 20.1 Å². The Morgan fingerprint density at radius 2 is 2.12 bits per heavy atom. The SMILES string of the molecule is CSC(C)C(C)n1ncc(C(O)=S)c1C(F)F. The second-order valence-electron chi connectivity index (χ2n) is 3.68. The standard InChI is InChI=1S/C10H14F2N2OS2/c1-5(6(2)17-3)14-8(9(11)12)7(4-13-14)10(15)16/h4-6,9H,1-3H3,(H,15,16). The molecular formula is C10H14F2N2OS2. The van der Waals surface area contributed by atoms with E-state index in [9.17, 15) is 13.9 Å². The van der Waals surface area contributed by atoms with Gasteiger partial charge in [0.25, 0.3) is 6.43 Å². The number of thiocarbonyl (C=S) groups is 1. The van der Waals surface area contributed by atoms with E-state index in [2.05, 4.69) is 17.3 Å². The molecule has 0 aliphatic heterocycles. The quantitative estimate of drug-likeness (QED) is 0.839. The number of rotatable bonds is 5. The van der Waals surface area contributed by atoms with E-state index in [0.717, 1.165) is 0 Å². The number of hydrogen-bond donors (Lipinski definition) is 1. The first-order valence-corrected chi connectivity index (χ1v) is 6.71. The molecule has 0 saturated heterocycles. The summed E-state index contributed by atoms with van der Waals surface area (Å²) < 4.78 is 27.2. The van der Waals surface area contributed by atoms with Gasteiger partial charge in [-0.25, -0.2) is 8.78 Å². The van der Waals surface area contributed by atoms with Crippen LogP contribution < -0.4 is 0 Å². The van der Waals surface area contributed by atoms with Crippen LogP contribution in [0.1, 0.15) is 37.6 Å². The average Bonchev–Trinajstić information content (AvgIpc) is 2.71. The van der Waals surface area contributed by atoms with E-state index >= 15 is 0 Å². The van der Waals surface area contributed by atoms with E-state index in [0.29, 0.717) is 0 Å². The fourth-order valence-electron chi connectivity index (χ4n) is 1.47. The molecule has 0 radical (unpaired) electrons. The van der Waals surface area contributed by atoms with Crippen molar-refractivity contribution >= 4 is 29.0 Å². The molecule has 96 valence electrons. The molecule has 1 aromatic heterocycles. The van der Waals surface area contributed by atoms with Gasteiger partial charge in [0.05, 0.1) is 17.8 Å². The molecule has 0 aromatic carbocycles. The Bertz CT molecular complexity index is 409. The third kappa shape index (κ3) is 2.95. The highest BCUT2D eigenvalue weighted by Crippen LogP contribution is 2.29. The van der Waals surface area contributed by atoms with E-state index in [4.69, 9.17) is 0 Å². The Hall–Kier alpha value is -0.690. The molecule has 2 unspecified atom stereocenters. The largest absolute Gasteiger partial charge is 0.498 e. The van der Waals surface area contributed by atoms with Crippen LogP contribution in [0.4, 0.5) is 8.78 Å². The Balaban J connectivity index is 3.21. The van der Waals surface area contributed by atoms with Crippen molar-refractivity contribution in [2.45, 2.75) is 31.6 Å². The van der Waals surface area contributed by atoms with Crippen LogP contribution >= 0.6 is 24.0 Å². The van der Waals surface area contributed by atoms with Gasteiger partial charge in [0.15, 0.2) is 5.05 Å². The Kier molecular flexibility index (Phi) is 4.88. The molecule has 0 aliphatic carbocycles. The fraction of sp³-hybridized carbons (Fsp3) is 0.600. The van der Waals surface area contributed by atoms with Gasteiger partial charge in [0, 0.05) is 5.25 Å². The summed E-state index contributed by atoms with van der Waals surface area (Å²) in [5, 5.41) is 12.7. The lowest BCUT2D eigenvalue weighted by molar-refractivity contribution is 0.136. The first-order valence-electron chi connectivity index (χ1n) is 5.01. The molecule has 0 fully saturated rings. The molecule has 0 aliphatic rings. The minimum Gasteiger partial charge on any atom is -0.498 e. The van der Waals surface area contributed by atoms with Crippen LogP contribution in [0, 0.1) is 0 Å². The smallest absolute Gasteiger partial charge is 0.280 e. The highest BCUT2D eigenvalue weighted by atomic mass is 32.2. The Morgan fingerprint density at radius 3 is 2.53 bits per heavy atom. The molecule has 0 amide bonds. The Morgan fingerprint density at radius 1 is 1.53 bits per heavy atom. The molecule has 0 bridgehead atoms. The number of nitrogens with zero attached hydrogens (tertiary/aromatic N) is 2. The third-order valence-corrected chi connectivity index (χ3v) is 4.07. The Labute approximate surface area is 108 Å². The van der Waals surface area contributed by atoms with Gasteiger partial charge in [0.2, 0.25) is 0 Å². The summed E-state index contributed by atoms with van der Waals surface area (Å²) in [7, 11) is 0. The molecule has 1 aromatic rings. The maximum absolute atomic E-state index is 13.0. The van der Waals surface area contributed by atoms with Crippen LogP contribution in [0.2, 0.25) is 0 Å². The minimum atomic E-state index is -2.71. The van der Waals surface area contributed by atoms with E-state index < -0.39 is 11.5 Å². The molecule has 3 nitrogen and oxygen atoms in total. The van der Waals surface area contributed by atoms with Gasteiger partial charge >= 0.3 is 0 Å². The summed E-state index contributed by atoms with van der Waals surface area (Å²) in [5.74, 6) is 0. The molecule has 7 heteroatoms. The van der Waals surface area contributed by atoms with Gasteiger partial charge in [-0.15, -0.1) is 0 Å². The zero-order valence-electron chi connectivity index (χ0n) is 9.72. The molecule has 0 spiro atoms. The lowest BCUT2D eigenvalue weighted by Gasteiger charge is -2.20. The van der Waals surface area contributed by atoms with Crippen LogP contribution in [0.25, 0.3) is 0 Å². The number of aliphatic hydroxyl groups is 1. The van der Waals surface area contributed by atoms with Gasteiger partial charge < -0.3 is 5.11 Å². The van der Waals surface area contributed by atoms with Gasteiger partial charge in [-0.05, 0) is 25.4 Å². The van der Waals surface area contributed by atoms with Crippen molar-refractivity contribution in [1.29, 1.82) is 0 Å². The number of halogens is 2. The summed E-state index contributed by atoms with van der Waals surface area (Å²) in [5.41, 5.74) is -0.374. The third-order valence-electron chi connectivity index (χ3n) is 2.71. The van der Waals surface area contributed by atoms with Gasteiger partial charge in [0.1, 0.15) is 5.69 Å². The van der Waals surface area contributed by atoms with Crippen molar-refractivity contribution in [3.63, 3.8) is 0 Å². The number of alkyl halides is 2. The van der Waals surface area contributed by atoms with Crippen molar-refractivity contribution in [3.05, 3.63) is 17.5 Å². The van der Waals surface area contributed by atoms with Crippen LogP contribution in [0.15, 0.2) is 6.20 Å². The monoisotopic (exact) mass is 280 g/mol. The van der Waals surface area contributed by atoms with E-state index in [-0.39, 0.29) is 22.5 Å². The maximum Gasteiger partial charge on any atom is 0.280 e. The predicted molar refractivity (Wildman–Crippen MR) is 69.2 cm³/mol. The second kappa shape index (κ2) is 5.77. The fourth-order valence-corrected chi connectivity index (χ4v) is 2.14. The van der Waals surface area contributed by atoms with Crippen LogP contribution in [-0.2, 0) is 0 Å². The number of hydrogen-bond acceptors (Lipinski definition) is 3. The highest BCUT2D eigenvalue weighted by Gasteiger charge is 2.26. The number of aliphatic hydroxyl groups excluding tert-OH is 1. The molecule has 17 heavy (non-hydrogen) atoms. The normalized spacial score (nSPS) is 14.9. The lowest BCUT2D eigenvalue weighted by atomic mass is 10.2. The maximum atomic E-state index is 13.0. The van der Waals surface area contributed by atoms with Crippen molar-refractivity contribution < 1.29 is 13.9 Å². The molecule has 2 atom stereocenters. The van der Waals surface area contributed by atoms with Crippen molar-refractivity contribution in [1.82, 2.24) is 9.78 Å². The van der Waals surface area contributed by atoms with Crippen LogP contribution in [0.3, 0.4) is 0 Å². The van der Waals surface area contributed by atoms with E-state index in [1.165, 1.54) is 10.9 Å². The first kappa shape index (κ1) is 14.4. The van der Waals surface area contributed by atoms with Crippen LogP contribution in [0.5, 0.6) is 0 Å². The molecule has 1 heterocycles. The van der Waals surface area contributed by atoms with Gasteiger partial charge in [-0.2, -0.15) is 16.9 Å². The van der Waals surface area contributed by atoms with Crippen LogP contribution in [-0.4, -0.2) is 31.4 Å². The lowest BCUT2D eigenvalue weighted by Crippen LogP contribution is -2.20. The zero-order chi connectivity index (χ0) is 13.2. The summed E-state index contributed by atoms with van der Waals surface area (Å²) in [6.07, 6.45) is 0.381. The summed E-state index contributed by atoms with van der Waals surface area (Å²) >= 11 is 6.09. The average molecular weight is 280 g/mol. The summed E-state index contributed by atoms with van der Waals surface area (Å²) in [6.45, 7) is 3.74. The molecule has 1 rings (SSSR count). The van der Waals surface area contributed by atoms with Crippen molar-refractivity contribution in [3.8, 4) is 0 Å². The van der Waals surface area contributed by atoms with Crippen molar-refractivity contribution in [2.75, 3.05) is 6.26 Å². The summed E-state index contributed by atoms with van der Waals surface area (Å²) in [6, 6.07) is -0.197. The molecule has 1 N–H and O–H groups in total. The number of thioether (sulfide) groups is 1. The summed E-state index contributed by atoms with van der Waals surface area (Å²) in [4.78, 5) is 0. The highest BCUT2D eigenvalue weighted by molar-refractivity contribution is 7.99. The predicted octanol–water partition coefficient (Wildman–Crippen LogP) is 3.37. The first-order chi connectivity index (χ1) is 7.90. The molecular weight excluding hydrogens is 266 g/mol. The minimum absolute atomic E-state index is 0.0600. The van der Waals surface area contributed by atoms with E-state index in [1.54, 1.807) is 11.8 Å². The number of aromatic nitrogens is 2. The van der Waals surface area contributed by atoms with Gasteiger partial charge in [-0.1, -0.05) is 6.92 Å². The second-order valence-corrected chi connectivity index (χ2v) is 5.28. The topological polar surface area (TPSA) is 38.0 Å². The molecule has 0 saturated carbocycles.